The lowest BCUT2D eigenvalue weighted by molar-refractivity contribution is 0.103. The lowest BCUT2D eigenvalue weighted by Gasteiger charge is -2.09. The van der Waals surface area contributed by atoms with Crippen LogP contribution in [-0.4, -0.2) is 20.9 Å². The highest BCUT2D eigenvalue weighted by Gasteiger charge is 2.28. The summed E-state index contributed by atoms with van der Waals surface area (Å²) in [5, 5.41) is 3.77. The summed E-state index contributed by atoms with van der Waals surface area (Å²) in [7, 11) is 0. The molecule has 0 aliphatic heterocycles. The first kappa shape index (κ1) is 15.0. The molecule has 0 spiro atoms. The van der Waals surface area contributed by atoms with Crippen molar-refractivity contribution >= 4 is 39.0 Å². The topological polar surface area (TPSA) is 93.8 Å². The number of hydrogen-bond donors (Lipinski definition) is 2. The molecule has 1 aliphatic carbocycles. The van der Waals surface area contributed by atoms with Crippen molar-refractivity contribution in [2.45, 2.75) is 32.6 Å². The van der Waals surface area contributed by atoms with E-state index in [9.17, 15) is 4.79 Å². The van der Waals surface area contributed by atoms with Crippen LogP contribution in [0.2, 0.25) is 0 Å². The Balaban J connectivity index is 1.72. The number of nitrogens with one attached hydrogen (secondary N) is 1. The highest BCUT2D eigenvalue weighted by molar-refractivity contribution is 7.20. The highest BCUT2D eigenvalue weighted by atomic mass is 32.1. The molecule has 1 saturated carbocycles. The van der Waals surface area contributed by atoms with Crippen molar-refractivity contribution in [3.8, 4) is 0 Å². The number of nitrogens with zero attached hydrogens (tertiary/aromatic N) is 3. The fraction of sp³-hybridized carbons (Fsp3) is 0.294. The van der Waals surface area contributed by atoms with Gasteiger partial charge in [0, 0.05) is 12.1 Å². The lowest BCUT2D eigenvalue weighted by Crippen LogP contribution is -2.13. The average Bonchev–Trinajstić information content (AvgIpc) is 3.31. The predicted molar refractivity (Wildman–Crippen MR) is 95.5 cm³/mol. The van der Waals surface area contributed by atoms with Crippen LogP contribution in [0.4, 0.5) is 11.5 Å². The molecule has 4 rings (SSSR count). The molecule has 6 nitrogen and oxygen atoms in total. The number of hydrogen-bond acceptors (Lipinski definition) is 6. The molecule has 3 heterocycles. The fourth-order valence-corrected chi connectivity index (χ4v) is 4.01. The molecule has 0 atom stereocenters. The second kappa shape index (κ2) is 5.52. The fourth-order valence-electron chi connectivity index (χ4n) is 2.88. The maximum absolute atomic E-state index is 12.8. The molecule has 7 heteroatoms. The van der Waals surface area contributed by atoms with E-state index in [1.54, 1.807) is 13.1 Å². The Morgan fingerprint density at radius 3 is 2.88 bits per heavy atom. The number of aryl methyl sites for hydroxylation is 2. The molecular weight excluding hydrogens is 322 g/mol. The first-order valence-electron chi connectivity index (χ1n) is 7.84. The first-order chi connectivity index (χ1) is 11.5. The van der Waals surface area contributed by atoms with Crippen molar-refractivity contribution in [1.29, 1.82) is 0 Å². The van der Waals surface area contributed by atoms with Crippen LogP contribution in [0.3, 0.4) is 0 Å². The van der Waals surface area contributed by atoms with Crippen molar-refractivity contribution in [2.75, 3.05) is 11.1 Å². The van der Waals surface area contributed by atoms with Gasteiger partial charge in [0.1, 0.15) is 16.5 Å². The number of carbonyl (C=O) groups is 1. The molecule has 1 amide bonds. The second-order valence-electron chi connectivity index (χ2n) is 6.06. The number of nitrogens with two attached hydrogens (primary N) is 1. The van der Waals surface area contributed by atoms with Gasteiger partial charge in [-0.3, -0.25) is 9.78 Å². The summed E-state index contributed by atoms with van der Waals surface area (Å²) in [5.41, 5.74) is 8.59. The zero-order valence-electron chi connectivity index (χ0n) is 13.5. The Hall–Kier alpha value is -2.54. The van der Waals surface area contributed by atoms with Crippen molar-refractivity contribution in [3.05, 3.63) is 40.3 Å². The maximum atomic E-state index is 12.8. The van der Waals surface area contributed by atoms with Crippen LogP contribution in [0.5, 0.6) is 0 Å². The van der Waals surface area contributed by atoms with E-state index in [1.807, 2.05) is 19.1 Å². The van der Waals surface area contributed by atoms with Gasteiger partial charge >= 0.3 is 0 Å². The smallest absolute Gasteiger partial charge is 0.266 e. The van der Waals surface area contributed by atoms with Crippen molar-refractivity contribution in [2.24, 2.45) is 0 Å². The van der Waals surface area contributed by atoms with E-state index in [1.165, 1.54) is 11.3 Å². The van der Waals surface area contributed by atoms with Crippen LogP contribution in [-0.2, 0) is 0 Å². The molecule has 1 fully saturated rings. The van der Waals surface area contributed by atoms with E-state index in [2.05, 4.69) is 20.3 Å². The summed E-state index contributed by atoms with van der Waals surface area (Å²) >= 11 is 1.35. The summed E-state index contributed by atoms with van der Waals surface area (Å²) in [6.45, 7) is 3.68. The van der Waals surface area contributed by atoms with E-state index in [4.69, 9.17) is 5.73 Å². The molecule has 0 radical (unpaired) electrons. The van der Waals surface area contributed by atoms with Gasteiger partial charge in [-0.25, -0.2) is 9.97 Å². The van der Waals surface area contributed by atoms with Crippen LogP contribution < -0.4 is 11.1 Å². The number of anilines is 2. The number of thiophene rings is 1. The Labute approximate surface area is 143 Å². The van der Waals surface area contributed by atoms with Gasteiger partial charge in [-0.05, 0) is 44.4 Å². The van der Waals surface area contributed by atoms with Crippen molar-refractivity contribution in [1.82, 2.24) is 15.0 Å². The van der Waals surface area contributed by atoms with Gasteiger partial charge in [0.2, 0.25) is 0 Å². The normalized spacial score (nSPS) is 14.1. The van der Waals surface area contributed by atoms with Crippen LogP contribution in [0.25, 0.3) is 10.2 Å². The molecule has 1 aliphatic rings. The molecule has 0 aromatic carbocycles. The number of pyridine rings is 1. The standard InChI is InChI=1S/C17H17N5OS/c1-8-12-15(18)20-9(2)21-17(12)24-14(8)16(23)22-11-4-3-7-19-13(11)10-5-6-10/h3-4,7,10H,5-6H2,1-2H3,(H,22,23)(H2,18,20,21). The minimum atomic E-state index is -0.151. The summed E-state index contributed by atoms with van der Waals surface area (Å²) in [4.78, 5) is 27.2. The van der Waals surface area contributed by atoms with E-state index >= 15 is 0 Å². The third kappa shape index (κ3) is 2.50. The van der Waals surface area contributed by atoms with E-state index in [0.29, 0.717) is 22.4 Å². The van der Waals surface area contributed by atoms with Crippen molar-refractivity contribution in [3.63, 3.8) is 0 Å². The Morgan fingerprint density at radius 2 is 2.12 bits per heavy atom. The van der Waals surface area contributed by atoms with Gasteiger partial charge in [0.15, 0.2) is 0 Å². The number of aromatic nitrogens is 3. The van der Waals surface area contributed by atoms with Gasteiger partial charge < -0.3 is 11.1 Å². The first-order valence-corrected chi connectivity index (χ1v) is 8.65. The summed E-state index contributed by atoms with van der Waals surface area (Å²) in [5.74, 6) is 1.35. The number of rotatable bonds is 3. The highest BCUT2D eigenvalue weighted by Crippen LogP contribution is 2.42. The van der Waals surface area contributed by atoms with Crippen LogP contribution >= 0.6 is 11.3 Å². The molecule has 3 aromatic heterocycles. The molecule has 24 heavy (non-hydrogen) atoms. The zero-order valence-corrected chi connectivity index (χ0v) is 14.3. The maximum Gasteiger partial charge on any atom is 0.266 e. The molecule has 3 N–H and O–H groups in total. The number of nitrogen functional groups attached to an aromatic ring is 1. The van der Waals surface area contributed by atoms with Gasteiger partial charge in [0.25, 0.3) is 5.91 Å². The predicted octanol–water partition coefficient (Wildman–Crippen LogP) is 3.42. The molecule has 0 saturated heterocycles. The van der Waals surface area contributed by atoms with E-state index in [-0.39, 0.29) is 5.91 Å². The molecule has 0 unspecified atom stereocenters. The second-order valence-corrected chi connectivity index (χ2v) is 7.06. The molecule has 0 bridgehead atoms. The van der Waals surface area contributed by atoms with Gasteiger partial charge in [-0.1, -0.05) is 0 Å². The molecule has 122 valence electrons. The van der Waals surface area contributed by atoms with Crippen molar-refractivity contribution < 1.29 is 4.79 Å². The van der Waals surface area contributed by atoms with Crippen LogP contribution in [0.1, 0.15) is 45.5 Å². The number of amides is 1. The van der Waals surface area contributed by atoms with Crippen LogP contribution in [0.15, 0.2) is 18.3 Å². The Kier molecular flexibility index (Phi) is 3.45. The molecule has 3 aromatic rings. The minimum Gasteiger partial charge on any atom is -0.383 e. The van der Waals surface area contributed by atoms with Gasteiger partial charge in [0.05, 0.1) is 21.6 Å². The monoisotopic (exact) mass is 339 g/mol. The Morgan fingerprint density at radius 1 is 1.33 bits per heavy atom. The number of carbonyl (C=O) groups excluding carboxylic acids is 1. The zero-order chi connectivity index (χ0) is 16.8. The summed E-state index contributed by atoms with van der Waals surface area (Å²) < 4.78 is 0. The lowest BCUT2D eigenvalue weighted by atomic mass is 10.2. The number of fused-ring (bicyclic) bond motifs is 1. The Bertz CT molecular complexity index is 961. The van der Waals surface area contributed by atoms with Gasteiger partial charge in [-0.2, -0.15) is 0 Å². The largest absolute Gasteiger partial charge is 0.383 e. The minimum absolute atomic E-state index is 0.151. The van der Waals surface area contributed by atoms with Crippen LogP contribution in [0, 0.1) is 13.8 Å². The molecular formula is C17H17N5OS. The van der Waals surface area contributed by atoms with E-state index < -0.39 is 0 Å². The van der Waals surface area contributed by atoms with Gasteiger partial charge in [-0.15, -0.1) is 11.3 Å². The average molecular weight is 339 g/mol. The third-order valence-corrected chi connectivity index (χ3v) is 5.37. The summed E-state index contributed by atoms with van der Waals surface area (Å²) in [6.07, 6.45) is 4.04. The SMILES string of the molecule is Cc1nc(N)c2c(C)c(C(=O)Nc3cccnc3C3CC3)sc2n1. The summed E-state index contributed by atoms with van der Waals surface area (Å²) in [6, 6.07) is 3.74. The van der Waals surface area contributed by atoms with E-state index in [0.717, 1.165) is 40.0 Å². The quantitative estimate of drug-likeness (QED) is 0.762. The third-order valence-electron chi connectivity index (χ3n) is 4.19.